The SMILES string of the molecule is CCN(CC)c1cc(Nc2nc(Nc3cc(N(CC)CC)c(OC)cc3/N=N/c3nc4ccc(Cl)c(S(=O)(=O)O)c4s3)nc(SCCO)n2)c(/N=N/c2nc3ccc(Cl)cc3s2)cc1OC. The van der Waals surface area contributed by atoms with Crippen LogP contribution < -0.4 is 29.9 Å². The van der Waals surface area contributed by atoms with Gasteiger partial charge in [0, 0.05) is 49.1 Å². The zero-order chi connectivity index (χ0) is 47.1. The molecular formula is C41H43Cl2N13O6S4. The molecule has 0 fully saturated rings. The zero-order valence-electron chi connectivity index (χ0n) is 36.3. The highest BCUT2D eigenvalue weighted by molar-refractivity contribution is 7.99. The van der Waals surface area contributed by atoms with Crippen molar-refractivity contribution in [2.24, 2.45) is 20.5 Å². The van der Waals surface area contributed by atoms with Gasteiger partial charge in [0.15, 0.2) is 5.16 Å². The second kappa shape index (κ2) is 21.4. The maximum absolute atomic E-state index is 12.2. The average molecular weight is 1010 g/mol. The molecule has 0 spiro atoms. The number of benzene rings is 4. The highest BCUT2D eigenvalue weighted by Crippen LogP contribution is 2.44. The van der Waals surface area contributed by atoms with Crippen LogP contribution in [0.3, 0.4) is 0 Å². The molecule has 0 aliphatic heterocycles. The Kier molecular flexibility index (Phi) is 15.7. The van der Waals surface area contributed by atoms with E-state index in [0.29, 0.717) is 75.8 Å². The van der Waals surface area contributed by atoms with E-state index in [-0.39, 0.29) is 44.6 Å². The number of rotatable bonds is 20. The van der Waals surface area contributed by atoms with E-state index in [1.165, 1.54) is 35.2 Å². The number of nitrogens with one attached hydrogen (secondary N) is 2. The van der Waals surface area contributed by atoms with E-state index >= 15 is 0 Å². The Morgan fingerprint density at radius 3 is 1.76 bits per heavy atom. The van der Waals surface area contributed by atoms with Crippen molar-refractivity contribution in [2.45, 2.75) is 37.7 Å². The molecule has 0 unspecified atom stereocenters. The average Bonchev–Trinajstić information content (AvgIpc) is 3.91. The molecule has 7 rings (SSSR count). The Hall–Kier alpha value is -5.53. The number of methoxy groups -OCH3 is 2. The van der Waals surface area contributed by atoms with Crippen LogP contribution in [-0.4, -0.2) is 95.8 Å². The fourth-order valence-electron chi connectivity index (χ4n) is 6.68. The number of anilines is 6. The number of thioether (sulfide) groups is 1. The fraction of sp³-hybridized carbons (Fsp3) is 0.293. The molecule has 4 aromatic carbocycles. The van der Waals surface area contributed by atoms with Crippen LogP contribution >= 0.6 is 57.6 Å². The second-order valence-electron chi connectivity index (χ2n) is 13.7. The van der Waals surface area contributed by atoms with Gasteiger partial charge in [-0.25, -0.2) is 9.97 Å². The van der Waals surface area contributed by atoms with Gasteiger partial charge < -0.3 is 35.0 Å². The Bertz CT molecular complexity index is 3060. The van der Waals surface area contributed by atoms with Gasteiger partial charge in [-0.15, -0.1) is 20.5 Å². The van der Waals surface area contributed by atoms with Crippen molar-refractivity contribution in [1.29, 1.82) is 0 Å². The van der Waals surface area contributed by atoms with Crippen LogP contribution in [0.4, 0.5) is 56.3 Å². The maximum Gasteiger partial charge on any atom is 0.297 e. The zero-order valence-corrected chi connectivity index (χ0v) is 41.1. The standard InChI is InChI=1S/C41H43Cl2N13O6S4/c1-7-55(8-2)30-18-26(28(20-32(30)61-5)51-53-40-46-24-13-11-22(42)17-34(24)64-40)44-37-48-38(50-39(49-37)63-16-15-57)45-27-19-31(56(9-3)10-4)33(62-6)21-29(27)52-54-41-47-25-14-12-23(43)36(35(25)65-41)66(58,59)60/h11-14,17-21,57H,7-10,15-16H2,1-6H3,(H,58,59,60)(H2,44,45,48,49,50)/b53-51+,54-52+. The summed E-state index contributed by atoms with van der Waals surface area (Å²) in [5, 5.41) is 35.7. The molecule has 0 aliphatic rings. The Balaban J connectivity index is 1.32. The number of halogens is 2. The predicted octanol–water partition coefficient (Wildman–Crippen LogP) is 11.8. The predicted molar refractivity (Wildman–Crippen MR) is 265 cm³/mol. The van der Waals surface area contributed by atoms with Crippen LogP contribution in [0.1, 0.15) is 27.7 Å². The normalized spacial score (nSPS) is 11.9. The molecule has 7 aromatic rings. The van der Waals surface area contributed by atoms with Crippen molar-refractivity contribution in [3.05, 3.63) is 64.6 Å². The summed E-state index contributed by atoms with van der Waals surface area (Å²) in [4.78, 5) is 27.0. The van der Waals surface area contributed by atoms with E-state index in [4.69, 9.17) is 47.6 Å². The van der Waals surface area contributed by atoms with Gasteiger partial charge in [0.1, 0.15) is 27.8 Å². The van der Waals surface area contributed by atoms with Crippen molar-refractivity contribution in [3.8, 4) is 11.5 Å². The molecule has 346 valence electrons. The van der Waals surface area contributed by atoms with Crippen molar-refractivity contribution >= 4 is 144 Å². The van der Waals surface area contributed by atoms with Crippen molar-refractivity contribution in [2.75, 3.05) is 73.2 Å². The van der Waals surface area contributed by atoms with Gasteiger partial charge in [0.25, 0.3) is 10.1 Å². The number of azo groups is 2. The lowest BCUT2D eigenvalue weighted by Gasteiger charge is -2.25. The summed E-state index contributed by atoms with van der Waals surface area (Å²) in [5.74, 6) is 1.62. The molecule has 4 N–H and O–H groups in total. The highest BCUT2D eigenvalue weighted by Gasteiger charge is 2.23. The summed E-state index contributed by atoms with van der Waals surface area (Å²) in [6.45, 7) is 10.7. The van der Waals surface area contributed by atoms with Gasteiger partial charge in [-0.1, -0.05) is 57.6 Å². The minimum atomic E-state index is -4.68. The molecule has 0 bridgehead atoms. The summed E-state index contributed by atoms with van der Waals surface area (Å²) in [6, 6.07) is 15.5. The molecule has 3 heterocycles. The Morgan fingerprint density at radius 1 is 0.712 bits per heavy atom. The molecule has 19 nitrogen and oxygen atoms in total. The minimum Gasteiger partial charge on any atom is -0.494 e. The highest BCUT2D eigenvalue weighted by atomic mass is 35.5. The van der Waals surface area contributed by atoms with E-state index in [0.717, 1.165) is 32.9 Å². The number of nitrogens with zero attached hydrogens (tertiary/aromatic N) is 11. The number of hydrogen-bond acceptors (Lipinski definition) is 21. The van der Waals surface area contributed by atoms with Crippen LogP contribution in [0.25, 0.3) is 20.4 Å². The lowest BCUT2D eigenvalue weighted by molar-refractivity contribution is 0.322. The first-order valence-electron chi connectivity index (χ1n) is 20.2. The topological polar surface area (TPSA) is 237 Å². The van der Waals surface area contributed by atoms with Gasteiger partial charge in [-0.3, -0.25) is 4.55 Å². The van der Waals surface area contributed by atoms with E-state index in [1.54, 1.807) is 32.4 Å². The summed E-state index contributed by atoms with van der Waals surface area (Å²) >= 11 is 15.9. The third kappa shape index (κ3) is 11.0. The maximum atomic E-state index is 12.2. The van der Waals surface area contributed by atoms with Gasteiger partial charge in [0.05, 0.1) is 69.0 Å². The lowest BCUT2D eigenvalue weighted by Crippen LogP contribution is -2.22. The van der Waals surface area contributed by atoms with E-state index in [1.807, 2.05) is 52.0 Å². The monoisotopic (exact) mass is 1010 g/mol. The molecule has 0 radical (unpaired) electrons. The van der Waals surface area contributed by atoms with Gasteiger partial charge in [0.2, 0.25) is 22.2 Å². The van der Waals surface area contributed by atoms with Crippen molar-refractivity contribution in [1.82, 2.24) is 24.9 Å². The van der Waals surface area contributed by atoms with E-state index in [9.17, 15) is 18.1 Å². The molecule has 25 heteroatoms. The number of aliphatic hydroxyl groups is 1. The molecule has 0 aliphatic carbocycles. The van der Waals surface area contributed by atoms with Crippen molar-refractivity contribution < 1.29 is 27.6 Å². The summed E-state index contributed by atoms with van der Waals surface area (Å²) < 4.78 is 47.0. The summed E-state index contributed by atoms with van der Waals surface area (Å²) in [7, 11) is -1.54. The Labute approximate surface area is 402 Å². The first-order valence-corrected chi connectivity index (χ1v) is 25.0. The van der Waals surface area contributed by atoms with Gasteiger partial charge in [-0.05, 0) is 70.2 Å². The number of aromatic nitrogens is 5. The van der Waals surface area contributed by atoms with E-state index in [2.05, 4.69) is 50.9 Å². The number of aliphatic hydroxyl groups excluding tert-OH is 1. The van der Waals surface area contributed by atoms with Crippen LogP contribution in [0.2, 0.25) is 10.0 Å². The van der Waals surface area contributed by atoms with Gasteiger partial charge >= 0.3 is 0 Å². The number of hydrogen-bond donors (Lipinski definition) is 4. The minimum absolute atomic E-state index is 0.0910. The molecule has 0 saturated carbocycles. The van der Waals surface area contributed by atoms with Crippen LogP contribution in [0.5, 0.6) is 11.5 Å². The first kappa shape index (κ1) is 48.4. The van der Waals surface area contributed by atoms with Crippen LogP contribution in [0, 0.1) is 0 Å². The van der Waals surface area contributed by atoms with Gasteiger partial charge in [-0.2, -0.15) is 23.4 Å². The molecule has 0 saturated heterocycles. The van der Waals surface area contributed by atoms with Crippen molar-refractivity contribution in [3.63, 3.8) is 0 Å². The van der Waals surface area contributed by atoms with Crippen LogP contribution in [0.15, 0.2) is 85.1 Å². The molecule has 0 atom stereocenters. The smallest absolute Gasteiger partial charge is 0.297 e. The fourth-order valence-corrected chi connectivity index (χ4v) is 10.7. The molecule has 0 amide bonds. The lowest BCUT2D eigenvalue weighted by atomic mass is 10.2. The largest absolute Gasteiger partial charge is 0.494 e. The number of ether oxygens (including phenoxy) is 2. The summed E-state index contributed by atoms with van der Waals surface area (Å²) in [5.41, 5.74) is 4.14. The Morgan fingerprint density at radius 2 is 1.24 bits per heavy atom. The molecular weight excluding hydrogens is 970 g/mol. The first-order chi connectivity index (χ1) is 31.8. The quantitative estimate of drug-likeness (QED) is 0.0315. The van der Waals surface area contributed by atoms with Crippen LogP contribution in [-0.2, 0) is 10.1 Å². The number of fused-ring (bicyclic) bond motifs is 2. The third-order valence-corrected chi connectivity index (χ3v) is 14.2. The summed E-state index contributed by atoms with van der Waals surface area (Å²) in [6.07, 6.45) is 0. The third-order valence-electron chi connectivity index (χ3n) is 9.77. The number of thiazole rings is 2. The molecule has 66 heavy (non-hydrogen) atoms. The van der Waals surface area contributed by atoms with E-state index < -0.39 is 15.0 Å². The second-order valence-corrected chi connectivity index (χ2v) is 19.0. The molecule has 3 aromatic heterocycles.